The summed E-state index contributed by atoms with van der Waals surface area (Å²) >= 11 is 6.08. The Balaban J connectivity index is 1.94. The molecule has 0 aliphatic carbocycles. The molecule has 0 saturated heterocycles. The monoisotopic (exact) mass is 490 g/mol. The summed E-state index contributed by atoms with van der Waals surface area (Å²) in [6, 6.07) is 27.1. The number of rotatable bonds is 11. The number of hydrogen-bond donors (Lipinski definition) is 1. The van der Waals surface area contributed by atoms with Crippen LogP contribution in [0.1, 0.15) is 62.6 Å². The lowest BCUT2D eigenvalue weighted by molar-refractivity contribution is -0.141. The van der Waals surface area contributed by atoms with Gasteiger partial charge in [-0.1, -0.05) is 98.2 Å². The van der Waals surface area contributed by atoms with E-state index in [1.54, 1.807) is 4.90 Å². The van der Waals surface area contributed by atoms with Crippen molar-refractivity contribution >= 4 is 23.4 Å². The number of halogens is 1. The molecule has 0 spiro atoms. The molecular formula is C30H35ClN2O2. The number of carbonyl (C=O) groups excluding carboxylic acids is 2. The van der Waals surface area contributed by atoms with E-state index in [-0.39, 0.29) is 30.2 Å². The fourth-order valence-electron chi connectivity index (χ4n) is 4.24. The third-order valence-electron chi connectivity index (χ3n) is 6.44. The molecule has 2 atom stereocenters. The zero-order valence-electron chi connectivity index (χ0n) is 20.8. The van der Waals surface area contributed by atoms with Crippen LogP contribution in [0.3, 0.4) is 0 Å². The highest BCUT2D eigenvalue weighted by molar-refractivity contribution is 6.30. The topological polar surface area (TPSA) is 49.4 Å². The van der Waals surface area contributed by atoms with Crippen LogP contribution >= 0.6 is 11.6 Å². The normalized spacial score (nSPS) is 12.7. The second-order valence-electron chi connectivity index (χ2n) is 8.97. The summed E-state index contributed by atoms with van der Waals surface area (Å²) in [5, 5.41) is 3.71. The van der Waals surface area contributed by atoms with Crippen LogP contribution < -0.4 is 5.32 Å². The zero-order chi connectivity index (χ0) is 25.2. The molecule has 1 N–H and O–H groups in total. The standard InChI is InChI=1S/C30H35ClN2O2/c1-4-22(3)32-30(35)28(5-2)33(21-23-16-18-26(31)19-17-23)29(34)20-27(24-12-8-6-9-13-24)25-14-10-7-11-15-25/h6-19,22,27-28H,4-5,20-21H2,1-3H3,(H,32,35). The summed E-state index contributed by atoms with van der Waals surface area (Å²) in [5.74, 6) is -0.267. The van der Waals surface area contributed by atoms with Crippen LogP contribution in [0.2, 0.25) is 5.02 Å². The van der Waals surface area contributed by atoms with Gasteiger partial charge in [-0.25, -0.2) is 0 Å². The Labute approximate surface area is 214 Å². The van der Waals surface area contributed by atoms with Crippen molar-refractivity contribution in [3.63, 3.8) is 0 Å². The Kier molecular flexibility index (Phi) is 9.92. The lowest BCUT2D eigenvalue weighted by Crippen LogP contribution is -2.51. The zero-order valence-corrected chi connectivity index (χ0v) is 21.5. The van der Waals surface area contributed by atoms with E-state index < -0.39 is 6.04 Å². The van der Waals surface area contributed by atoms with Crippen molar-refractivity contribution in [1.82, 2.24) is 10.2 Å². The lowest BCUT2D eigenvalue weighted by Gasteiger charge is -2.33. The lowest BCUT2D eigenvalue weighted by atomic mass is 9.88. The molecule has 3 rings (SSSR count). The quantitative estimate of drug-likeness (QED) is 0.330. The van der Waals surface area contributed by atoms with E-state index in [0.717, 1.165) is 23.1 Å². The van der Waals surface area contributed by atoms with Gasteiger partial charge in [0.25, 0.3) is 0 Å². The summed E-state index contributed by atoms with van der Waals surface area (Å²) in [6.45, 7) is 6.32. The average molecular weight is 491 g/mol. The molecule has 3 aromatic carbocycles. The Hall–Kier alpha value is -3.11. The van der Waals surface area contributed by atoms with Gasteiger partial charge in [0.1, 0.15) is 6.04 Å². The molecule has 0 saturated carbocycles. The molecule has 0 bridgehead atoms. The van der Waals surface area contributed by atoms with Gasteiger partial charge in [0.2, 0.25) is 11.8 Å². The van der Waals surface area contributed by atoms with Crippen LogP contribution in [0.25, 0.3) is 0 Å². The summed E-state index contributed by atoms with van der Waals surface area (Å²) < 4.78 is 0. The van der Waals surface area contributed by atoms with Crippen molar-refractivity contribution < 1.29 is 9.59 Å². The molecule has 0 aromatic heterocycles. The molecular weight excluding hydrogens is 456 g/mol. The summed E-state index contributed by atoms with van der Waals surface area (Å²) in [6.07, 6.45) is 1.63. The minimum atomic E-state index is -0.556. The predicted octanol–water partition coefficient (Wildman–Crippen LogP) is 6.58. The van der Waals surface area contributed by atoms with Gasteiger partial charge >= 0.3 is 0 Å². The van der Waals surface area contributed by atoms with E-state index in [4.69, 9.17) is 11.6 Å². The number of hydrogen-bond acceptors (Lipinski definition) is 2. The summed E-state index contributed by atoms with van der Waals surface area (Å²) in [4.78, 5) is 28.9. The Morgan fingerprint density at radius 1 is 0.829 bits per heavy atom. The number of benzene rings is 3. The van der Waals surface area contributed by atoms with Crippen LogP contribution in [-0.4, -0.2) is 28.8 Å². The maximum absolute atomic E-state index is 14.0. The Morgan fingerprint density at radius 3 is 1.86 bits per heavy atom. The third-order valence-corrected chi connectivity index (χ3v) is 6.69. The molecule has 35 heavy (non-hydrogen) atoms. The molecule has 0 aliphatic heterocycles. The molecule has 5 heteroatoms. The Bertz CT molecular complexity index is 1030. The van der Waals surface area contributed by atoms with Gasteiger partial charge in [0.15, 0.2) is 0 Å². The minimum absolute atomic E-state index is 0.0467. The van der Waals surface area contributed by atoms with Gasteiger partial charge in [-0.15, -0.1) is 0 Å². The molecule has 0 radical (unpaired) electrons. The largest absolute Gasteiger partial charge is 0.352 e. The highest BCUT2D eigenvalue weighted by Gasteiger charge is 2.31. The SMILES string of the molecule is CCC(C)NC(=O)C(CC)N(Cc1ccc(Cl)cc1)C(=O)CC(c1ccccc1)c1ccccc1. The van der Waals surface area contributed by atoms with Gasteiger partial charge in [0.05, 0.1) is 0 Å². The first-order valence-corrected chi connectivity index (χ1v) is 12.7. The fraction of sp³-hybridized carbons (Fsp3) is 0.333. The van der Waals surface area contributed by atoms with E-state index in [1.807, 2.05) is 81.4 Å². The van der Waals surface area contributed by atoms with Crippen LogP contribution in [0.5, 0.6) is 0 Å². The summed E-state index contributed by atoms with van der Waals surface area (Å²) in [7, 11) is 0. The van der Waals surface area contributed by atoms with Crippen LogP contribution in [-0.2, 0) is 16.1 Å². The van der Waals surface area contributed by atoms with Crippen molar-refractivity contribution in [2.45, 2.75) is 64.6 Å². The van der Waals surface area contributed by atoms with E-state index in [9.17, 15) is 9.59 Å². The number of amides is 2. The highest BCUT2D eigenvalue weighted by atomic mass is 35.5. The molecule has 184 valence electrons. The highest BCUT2D eigenvalue weighted by Crippen LogP contribution is 2.29. The number of nitrogens with one attached hydrogen (secondary N) is 1. The van der Waals surface area contributed by atoms with E-state index in [0.29, 0.717) is 18.0 Å². The van der Waals surface area contributed by atoms with Crippen molar-refractivity contribution in [3.05, 3.63) is 107 Å². The smallest absolute Gasteiger partial charge is 0.243 e. The molecule has 4 nitrogen and oxygen atoms in total. The van der Waals surface area contributed by atoms with Crippen molar-refractivity contribution in [2.24, 2.45) is 0 Å². The molecule has 0 heterocycles. The van der Waals surface area contributed by atoms with Gasteiger partial charge in [-0.3, -0.25) is 9.59 Å². The van der Waals surface area contributed by atoms with Gasteiger partial charge < -0.3 is 10.2 Å². The molecule has 0 aliphatic rings. The molecule has 0 fully saturated rings. The van der Waals surface area contributed by atoms with E-state index >= 15 is 0 Å². The Morgan fingerprint density at radius 2 is 1.37 bits per heavy atom. The van der Waals surface area contributed by atoms with Gasteiger partial charge in [-0.2, -0.15) is 0 Å². The summed E-state index contributed by atoms with van der Waals surface area (Å²) in [5.41, 5.74) is 3.10. The average Bonchev–Trinajstić information content (AvgIpc) is 2.89. The first-order valence-electron chi connectivity index (χ1n) is 12.4. The molecule has 3 aromatic rings. The maximum atomic E-state index is 14.0. The first-order chi connectivity index (χ1) is 16.9. The van der Waals surface area contributed by atoms with Gasteiger partial charge in [0, 0.05) is 29.9 Å². The maximum Gasteiger partial charge on any atom is 0.243 e. The number of nitrogens with zero attached hydrogens (tertiary/aromatic N) is 1. The van der Waals surface area contributed by atoms with Crippen molar-refractivity contribution in [2.75, 3.05) is 0 Å². The predicted molar refractivity (Wildman–Crippen MR) is 143 cm³/mol. The third kappa shape index (κ3) is 7.43. The number of carbonyl (C=O) groups is 2. The molecule has 2 unspecified atom stereocenters. The van der Waals surface area contributed by atoms with Crippen molar-refractivity contribution in [1.29, 1.82) is 0 Å². The molecule has 2 amide bonds. The second-order valence-corrected chi connectivity index (χ2v) is 9.40. The minimum Gasteiger partial charge on any atom is -0.352 e. The van der Waals surface area contributed by atoms with Crippen LogP contribution in [0.15, 0.2) is 84.9 Å². The fourth-order valence-corrected chi connectivity index (χ4v) is 4.36. The van der Waals surface area contributed by atoms with Crippen LogP contribution in [0.4, 0.5) is 0 Å². The first kappa shape index (κ1) is 26.5. The van der Waals surface area contributed by atoms with Gasteiger partial charge in [-0.05, 0) is 48.6 Å². The van der Waals surface area contributed by atoms with E-state index in [1.165, 1.54) is 0 Å². The second kappa shape index (κ2) is 13.1. The van der Waals surface area contributed by atoms with Crippen LogP contribution in [0, 0.1) is 0 Å². The van der Waals surface area contributed by atoms with E-state index in [2.05, 4.69) is 29.6 Å². The van der Waals surface area contributed by atoms with Crippen molar-refractivity contribution in [3.8, 4) is 0 Å².